The van der Waals surface area contributed by atoms with Gasteiger partial charge in [-0.15, -0.1) is 0 Å². The number of rotatable bonds is 3. The van der Waals surface area contributed by atoms with Crippen molar-refractivity contribution >= 4 is 22.4 Å². The van der Waals surface area contributed by atoms with Crippen LogP contribution in [0.1, 0.15) is 5.56 Å². The summed E-state index contributed by atoms with van der Waals surface area (Å²) < 4.78 is 5.98. The molecule has 4 aromatic rings. The van der Waals surface area contributed by atoms with Crippen LogP contribution in [0.5, 0.6) is 5.75 Å². The Morgan fingerprint density at radius 1 is 1.07 bits per heavy atom. The number of aromatic amines is 1. The van der Waals surface area contributed by atoms with Crippen molar-refractivity contribution in [1.82, 2.24) is 9.97 Å². The van der Waals surface area contributed by atoms with Crippen LogP contribution < -0.4 is 15.6 Å². The maximum absolute atomic E-state index is 12.8. The quantitative estimate of drug-likeness (QED) is 0.567. The molecule has 5 rings (SSSR count). The Labute approximate surface area is 166 Å². The minimum atomic E-state index is -0.681. The largest absolute Gasteiger partial charge is 0.479 e. The first-order valence-corrected chi connectivity index (χ1v) is 9.30. The maximum atomic E-state index is 12.8. The van der Waals surface area contributed by atoms with E-state index in [1.807, 2.05) is 48.5 Å². The fourth-order valence-electron chi connectivity index (χ4n) is 3.62. The van der Waals surface area contributed by atoms with Crippen LogP contribution in [0.4, 0.5) is 5.69 Å². The second-order valence-corrected chi connectivity index (χ2v) is 6.94. The molecule has 0 radical (unpaired) electrons. The van der Waals surface area contributed by atoms with E-state index >= 15 is 0 Å². The summed E-state index contributed by atoms with van der Waals surface area (Å²) >= 11 is 0. The summed E-state index contributed by atoms with van der Waals surface area (Å²) in [6.45, 7) is 0. The van der Waals surface area contributed by atoms with Gasteiger partial charge in [-0.3, -0.25) is 14.6 Å². The smallest absolute Gasteiger partial charge is 0.271 e. The number of carbonyl (C=O) groups excluding carboxylic acids is 1. The Morgan fingerprint density at radius 3 is 2.76 bits per heavy atom. The lowest BCUT2D eigenvalue weighted by molar-refractivity contribution is -0.122. The molecule has 1 atom stereocenters. The van der Waals surface area contributed by atoms with Crippen LogP contribution in [-0.4, -0.2) is 22.0 Å². The Morgan fingerprint density at radius 2 is 1.90 bits per heavy atom. The lowest BCUT2D eigenvalue weighted by Crippen LogP contribution is -2.33. The zero-order valence-corrected chi connectivity index (χ0v) is 15.4. The van der Waals surface area contributed by atoms with Crippen molar-refractivity contribution in [3.63, 3.8) is 0 Å². The number of nitrogens with zero attached hydrogens (tertiary/aromatic N) is 1. The molecule has 2 aromatic carbocycles. The van der Waals surface area contributed by atoms with E-state index in [-0.39, 0.29) is 17.2 Å². The summed E-state index contributed by atoms with van der Waals surface area (Å²) in [4.78, 5) is 31.7. The third kappa shape index (κ3) is 3.14. The molecule has 0 spiro atoms. The highest BCUT2D eigenvalue weighted by Gasteiger charge is 2.30. The van der Waals surface area contributed by atoms with Crippen molar-refractivity contribution in [2.24, 2.45) is 0 Å². The van der Waals surface area contributed by atoms with Crippen molar-refractivity contribution in [3.8, 4) is 16.9 Å². The predicted molar refractivity (Wildman–Crippen MR) is 111 cm³/mol. The van der Waals surface area contributed by atoms with Gasteiger partial charge in [0.25, 0.3) is 11.5 Å². The molecular formula is C23H17N3O3. The van der Waals surface area contributed by atoms with Crippen LogP contribution in [0.15, 0.2) is 78.0 Å². The zero-order valence-electron chi connectivity index (χ0n) is 15.4. The summed E-state index contributed by atoms with van der Waals surface area (Å²) in [5.74, 6) is 0.394. The average Bonchev–Trinajstić information content (AvgIpc) is 3.21. The van der Waals surface area contributed by atoms with Gasteiger partial charge in [-0.25, -0.2) is 0 Å². The number of amides is 1. The van der Waals surface area contributed by atoms with Crippen LogP contribution >= 0.6 is 0 Å². The van der Waals surface area contributed by atoms with Crippen molar-refractivity contribution in [3.05, 3.63) is 89.1 Å². The van der Waals surface area contributed by atoms with E-state index in [0.717, 1.165) is 33.2 Å². The minimum absolute atomic E-state index is 0.189. The van der Waals surface area contributed by atoms with E-state index in [1.165, 1.54) is 0 Å². The molecule has 0 saturated heterocycles. The van der Waals surface area contributed by atoms with E-state index in [2.05, 4.69) is 15.3 Å². The molecule has 6 heteroatoms. The van der Waals surface area contributed by atoms with Gasteiger partial charge in [0.05, 0.1) is 0 Å². The lowest BCUT2D eigenvalue weighted by Gasteiger charge is -2.12. The fraction of sp³-hybridized carbons (Fsp3) is 0.0870. The summed E-state index contributed by atoms with van der Waals surface area (Å²) in [6.07, 6.45) is 4.74. The average molecular weight is 383 g/mol. The second-order valence-electron chi connectivity index (χ2n) is 6.94. The summed E-state index contributed by atoms with van der Waals surface area (Å²) in [5.41, 5.74) is 2.49. The molecule has 1 unspecified atom stereocenters. The topological polar surface area (TPSA) is 84.1 Å². The molecule has 2 N–H and O–H groups in total. The molecular weight excluding hydrogens is 366 g/mol. The summed E-state index contributed by atoms with van der Waals surface area (Å²) in [6, 6.07) is 17.3. The Bertz CT molecular complexity index is 1280. The molecule has 1 amide bonds. The fourth-order valence-corrected chi connectivity index (χ4v) is 3.62. The molecule has 0 saturated carbocycles. The van der Waals surface area contributed by atoms with Crippen LogP contribution in [0.25, 0.3) is 21.9 Å². The summed E-state index contributed by atoms with van der Waals surface area (Å²) in [7, 11) is 0. The Hall–Kier alpha value is -3.93. The van der Waals surface area contributed by atoms with Gasteiger partial charge in [-0.05, 0) is 34.7 Å². The van der Waals surface area contributed by atoms with Gasteiger partial charge in [0, 0.05) is 36.0 Å². The Balaban J connectivity index is 1.40. The number of nitrogens with one attached hydrogen (secondary N) is 2. The van der Waals surface area contributed by atoms with Gasteiger partial charge in [-0.1, -0.05) is 36.4 Å². The normalized spacial score (nSPS) is 15.0. The number of aromatic nitrogens is 2. The van der Waals surface area contributed by atoms with Gasteiger partial charge in [-0.2, -0.15) is 0 Å². The highest BCUT2D eigenvalue weighted by atomic mass is 16.5. The monoisotopic (exact) mass is 383 g/mol. The highest BCUT2D eigenvalue weighted by molar-refractivity contribution is 5.97. The van der Waals surface area contributed by atoms with Crippen LogP contribution in [-0.2, 0) is 11.2 Å². The van der Waals surface area contributed by atoms with E-state index in [4.69, 9.17) is 4.74 Å². The second kappa shape index (κ2) is 6.91. The maximum Gasteiger partial charge on any atom is 0.271 e. The lowest BCUT2D eigenvalue weighted by atomic mass is 10.0. The van der Waals surface area contributed by atoms with Gasteiger partial charge < -0.3 is 15.0 Å². The van der Waals surface area contributed by atoms with Crippen LogP contribution in [0.2, 0.25) is 0 Å². The number of hydrogen-bond donors (Lipinski definition) is 2. The number of pyridine rings is 2. The third-order valence-electron chi connectivity index (χ3n) is 5.09. The van der Waals surface area contributed by atoms with Crippen LogP contribution in [0, 0.1) is 0 Å². The first-order chi connectivity index (χ1) is 14.2. The van der Waals surface area contributed by atoms with Crippen LogP contribution in [0.3, 0.4) is 0 Å². The molecule has 3 heterocycles. The van der Waals surface area contributed by atoms with Crippen molar-refractivity contribution in [1.29, 1.82) is 0 Å². The van der Waals surface area contributed by atoms with Crippen molar-refractivity contribution < 1.29 is 9.53 Å². The number of anilines is 1. The number of carbonyl (C=O) groups is 1. The highest BCUT2D eigenvalue weighted by Crippen LogP contribution is 2.36. The minimum Gasteiger partial charge on any atom is -0.479 e. The van der Waals surface area contributed by atoms with Crippen molar-refractivity contribution in [2.45, 2.75) is 12.5 Å². The molecule has 2 aromatic heterocycles. The van der Waals surface area contributed by atoms with E-state index in [9.17, 15) is 9.59 Å². The summed E-state index contributed by atoms with van der Waals surface area (Å²) in [5, 5.41) is 4.77. The molecule has 0 aliphatic carbocycles. The SMILES string of the molecule is O=C(Nc1cc(-c2ccncc2)c[nH]c1=O)C1Cc2ccc3ccccc3c2O1. The van der Waals surface area contributed by atoms with Gasteiger partial charge >= 0.3 is 0 Å². The standard InChI is InChI=1S/C23H17N3O3/c27-22-19(11-17(13-25-22)14-7-9-24-10-8-14)26-23(28)20-12-16-6-5-15-3-1-2-4-18(15)21(16)29-20/h1-11,13,20H,12H2,(H,25,27)(H,26,28). The predicted octanol–water partition coefficient (Wildman–Crippen LogP) is 3.53. The van der Waals surface area contributed by atoms with Gasteiger partial charge in [0.15, 0.2) is 6.10 Å². The number of ether oxygens (including phenoxy) is 1. The molecule has 142 valence electrons. The number of benzene rings is 2. The zero-order chi connectivity index (χ0) is 19.8. The van der Waals surface area contributed by atoms with E-state index in [0.29, 0.717) is 6.42 Å². The molecule has 29 heavy (non-hydrogen) atoms. The molecule has 6 nitrogen and oxygen atoms in total. The van der Waals surface area contributed by atoms with Gasteiger partial charge in [0.1, 0.15) is 11.4 Å². The first-order valence-electron chi connectivity index (χ1n) is 9.30. The molecule has 1 aliphatic heterocycles. The number of hydrogen-bond acceptors (Lipinski definition) is 4. The van der Waals surface area contributed by atoms with E-state index < -0.39 is 6.10 Å². The number of fused-ring (bicyclic) bond motifs is 3. The number of H-pyrrole nitrogens is 1. The molecule has 1 aliphatic rings. The molecule has 0 bridgehead atoms. The van der Waals surface area contributed by atoms with E-state index in [1.54, 1.807) is 24.7 Å². The third-order valence-corrected chi connectivity index (χ3v) is 5.09. The first kappa shape index (κ1) is 17.2. The van der Waals surface area contributed by atoms with Crippen molar-refractivity contribution in [2.75, 3.05) is 5.32 Å². The van der Waals surface area contributed by atoms with Gasteiger partial charge in [0.2, 0.25) is 0 Å². The molecule has 0 fully saturated rings. The Kier molecular flexibility index (Phi) is 4.09.